The maximum Gasteiger partial charge on any atom is 0.343 e. The van der Waals surface area contributed by atoms with Crippen molar-refractivity contribution in [2.45, 2.75) is 64.8 Å². The van der Waals surface area contributed by atoms with E-state index in [1.165, 1.54) is 31.4 Å². The molecule has 0 aliphatic carbocycles. The number of rotatable bonds is 17. The molecule has 0 aliphatic rings. The van der Waals surface area contributed by atoms with Crippen LogP contribution in [0.15, 0.2) is 97.1 Å². The zero-order valence-corrected chi connectivity index (χ0v) is 27.4. The number of carbonyl (C=O) groups excluding carboxylic acids is 3. The number of carboxylic acids is 1. The summed E-state index contributed by atoms with van der Waals surface area (Å²) in [5.74, 6) is -1.46. The average molecular weight is 651 g/mol. The molecule has 0 bridgehead atoms. The van der Waals surface area contributed by atoms with Crippen molar-refractivity contribution < 1.29 is 33.8 Å². The third-order valence-corrected chi connectivity index (χ3v) is 7.83. The highest BCUT2D eigenvalue weighted by atomic mass is 16.5. The molecule has 0 fully saturated rings. The number of aryl methyl sites for hydroxylation is 1. The van der Waals surface area contributed by atoms with Crippen LogP contribution in [0.5, 0.6) is 11.5 Å². The Morgan fingerprint density at radius 3 is 2.06 bits per heavy atom. The Labute approximate surface area is 281 Å². The van der Waals surface area contributed by atoms with E-state index in [-0.39, 0.29) is 24.3 Å². The van der Waals surface area contributed by atoms with Crippen molar-refractivity contribution in [3.63, 3.8) is 0 Å². The predicted octanol–water partition coefficient (Wildman–Crippen LogP) is 7.17. The predicted molar refractivity (Wildman–Crippen MR) is 185 cm³/mol. The molecule has 2 amide bonds. The van der Waals surface area contributed by atoms with Crippen molar-refractivity contribution in [1.82, 2.24) is 5.32 Å². The topological polar surface area (TPSA) is 131 Å². The molecule has 1 atom stereocenters. The second kappa shape index (κ2) is 18.0. The Morgan fingerprint density at radius 1 is 0.750 bits per heavy atom. The minimum Gasteiger partial charge on any atom is -0.494 e. The highest BCUT2D eigenvalue weighted by Gasteiger charge is 2.21. The molecule has 0 heterocycles. The van der Waals surface area contributed by atoms with Crippen LogP contribution in [0.2, 0.25) is 0 Å². The molecule has 0 saturated heterocycles. The first kappa shape index (κ1) is 35.4. The summed E-state index contributed by atoms with van der Waals surface area (Å²) in [6, 6.07) is 25.9. The molecular formula is C39H42N2O7. The summed E-state index contributed by atoms with van der Waals surface area (Å²) >= 11 is 0. The second-order valence-electron chi connectivity index (χ2n) is 11.6. The van der Waals surface area contributed by atoms with E-state index < -0.39 is 23.9 Å². The number of amides is 2. The maximum atomic E-state index is 12.9. The summed E-state index contributed by atoms with van der Waals surface area (Å²) in [5.41, 5.74) is 3.74. The Hall–Kier alpha value is -5.44. The first-order chi connectivity index (χ1) is 23.2. The summed E-state index contributed by atoms with van der Waals surface area (Å²) in [5, 5.41) is 15.2. The van der Waals surface area contributed by atoms with Crippen LogP contribution in [0.25, 0.3) is 0 Å². The molecule has 3 N–H and O–H groups in total. The fourth-order valence-corrected chi connectivity index (χ4v) is 5.01. The lowest BCUT2D eigenvalue weighted by atomic mass is 10.0. The quantitative estimate of drug-likeness (QED) is 0.0627. The standard InChI is InChI=1S/C39H42N2O7/c1-3-4-5-6-9-24-47-33-22-16-30(17-23-33)39(46)48-34-20-12-28(13-21-34)25-35(38(44)45)41-37(43)29-14-18-32(19-15-29)40-36(42)26-31-11-8-7-10-27(31)2/h7-8,10-23,35H,3-6,9,24-26H2,1-2H3,(H,40,42)(H,41,43)(H,44,45)/t35-/m0/s1. The van der Waals surface area contributed by atoms with E-state index in [0.29, 0.717) is 34.9 Å². The number of hydrogen-bond donors (Lipinski definition) is 3. The molecule has 4 aromatic rings. The molecule has 0 radical (unpaired) electrons. The molecule has 0 aromatic heterocycles. The van der Waals surface area contributed by atoms with Gasteiger partial charge in [0.1, 0.15) is 17.5 Å². The number of hydrogen-bond acceptors (Lipinski definition) is 6. The molecule has 0 saturated carbocycles. The van der Waals surface area contributed by atoms with Crippen LogP contribution in [0, 0.1) is 6.92 Å². The lowest BCUT2D eigenvalue weighted by Crippen LogP contribution is -2.42. The van der Waals surface area contributed by atoms with E-state index in [4.69, 9.17) is 9.47 Å². The number of esters is 1. The van der Waals surface area contributed by atoms with Crippen LogP contribution in [0.4, 0.5) is 5.69 Å². The molecule has 0 spiro atoms. The van der Waals surface area contributed by atoms with E-state index in [1.54, 1.807) is 60.7 Å². The van der Waals surface area contributed by atoms with Crippen molar-refractivity contribution in [3.05, 3.63) is 125 Å². The highest BCUT2D eigenvalue weighted by Crippen LogP contribution is 2.19. The van der Waals surface area contributed by atoms with Crippen LogP contribution in [-0.4, -0.2) is 41.5 Å². The first-order valence-electron chi connectivity index (χ1n) is 16.2. The van der Waals surface area contributed by atoms with Crippen LogP contribution in [0.1, 0.15) is 76.4 Å². The molecule has 0 aliphatic heterocycles. The SMILES string of the molecule is CCCCCCCOc1ccc(C(=O)Oc2ccc(C[C@H](NC(=O)c3ccc(NC(=O)Cc4ccccc4C)cc3)C(=O)O)cc2)cc1. The number of aliphatic carboxylic acids is 1. The molecule has 48 heavy (non-hydrogen) atoms. The average Bonchev–Trinajstić information content (AvgIpc) is 3.08. The minimum absolute atomic E-state index is 0.0163. The van der Waals surface area contributed by atoms with E-state index in [0.717, 1.165) is 24.0 Å². The third kappa shape index (κ3) is 11.1. The highest BCUT2D eigenvalue weighted by molar-refractivity contribution is 5.98. The fourth-order valence-electron chi connectivity index (χ4n) is 5.01. The van der Waals surface area contributed by atoms with Crippen molar-refractivity contribution >= 4 is 29.4 Å². The monoisotopic (exact) mass is 650 g/mol. The van der Waals surface area contributed by atoms with Crippen molar-refractivity contribution in [2.75, 3.05) is 11.9 Å². The normalized spacial score (nSPS) is 11.3. The van der Waals surface area contributed by atoms with Gasteiger partial charge in [-0.05, 0) is 90.7 Å². The lowest BCUT2D eigenvalue weighted by Gasteiger charge is -2.15. The molecule has 9 nitrogen and oxygen atoms in total. The summed E-state index contributed by atoms with van der Waals surface area (Å²) in [6.07, 6.45) is 6.01. The van der Waals surface area contributed by atoms with Gasteiger partial charge in [0.05, 0.1) is 18.6 Å². The van der Waals surface area contributed by atoms with Crippen molar-refractivity contribution in [1.29, 1.82) is 0 Å². The van der Waals surface area contributed by atoms with E-state index in [2.05, 4.69) is 17.6 Å². The van der Waals surface area contributed by atoms with Crippen molar-refractivity contribution in [3.8, 4) is 11.5 Å². The second-order valence-corrected chi connectivity index (χ2v) is 11.6. The first-order valence-corrected chi connectivity index (χ1v) is 16.2. The molecule has 250 valence electrons. The van der Waals surface area contributed by atoms with Gasteiger partial charge in [0.25, 0.3) is 5.91 Å². The summed E-state index contributed by atoms with van der Waals surface area (Å²) in [7, 11) is 0. The summed E-state index contributed by atoms with van der Waals surface area (Å²) in [4.78, 5) is 50.0. The van der Waals surface area contributed by atoms with Gasteiger partial charge in [-0.1, -0.05) is 69.0 Å². The van der Waals surface area contributed by atoms with Gasteiger partial charge in [0.2, 0.25) is 5.91 Å². The van der Waals surface area contributed by atoms with Gasteiger partial charge in [0.15, 0.2) is 0 Å². The van der Waals surface area contributed by atoms with Gasteiger partial charge in [-0.15, -0.1) is 0 Å². The van der Waals surface area contributed by atoms with E-state index in [9.17, 15) is 24.3 Å². The lowest BCUT2D eigenvalue weighted by molar-refractivity contribution is -0.139. The van der Waals surface area contributed by atoms with Gasteiger partial charge < -0.3 is 25.2 Å². The number of carboxylic acid groups (broad SMARTS) is 1. The Morgan fingerprint density at radius 2 is 1.40 bits per heavy atom. The number of anilines is 1. The number of unbranched alkanes of at least 4 members (excludes halogenated alkanes) is 4. The summed E-state index contributed by atoms with van der Waals surface area (Å²) < 4.78 is 11.2. The zero-order valence-electron chi connectivity index (χ0n) is 27.4. The van der Waals surface area contributed by atoms with Crippen LogP contribution in [0.3, 0.4) is 0 Å². The Bertz CT molecular complexity index is 1670. The van der Waals surface area contributed by atoms with Gasteiger partial charge in [-0.2, -0.15) is 0 Å². The molecule has 0 unspecified atom stereocenters. The van der Waals surface area contributed by atoms with Crippen LogP contribution in [-0.2, 0) is 22.4 Å². The van der Waals surface area contributed by atoms with Crippen molar-refractivity contribution in [2.24, 2.45) is 0 Å². The Balaban J connectivity index is 1.25. The molecule has 9 heteroatoms. The minimum atomic E-state index is -1.20. The number of carbonyl (C=O) groups is 4. The van der Waals surface area contributed by atoms with Crippen LogP contribution < -0.4 is 20.1 Å². The van der Waals surface area contributed by atoms with E-state index in [1.807, 2.05) is 31.2 Å². The largest absolute Gasteiger partial charge is 0.494 e. The number of ether oxygens (including phenoxy) is 2. The smallest absolute Gasteiger partial charge is 0.343 e. The zero-order chi connectivity index (χ0) is 34.3. The van der Waals surface area contributed by atoms with Gasteiger partial charge in [-0.3, -0.25) is 9.59 Å². The van der Waals surface area contributed by atoms with Gasteiger partial charge in [0, 0.05) is 17.7 Å². The van der Waals surface area contributed by atoms with Gasteiger partial charge in [-0.25, -0.2) is 9.59 Å². The van der Waals surface area contributed by atoms with Crippen LogP contribution >= 0.6 is 0 Å². The third-order valence-electron chi connectivity index (χ3n) is 7.83. The molecule has 4 rings (SSSR count). The molecular weight excluding hydrogens is 608 g/mol. The Kier molecular flexibility index (Phi) is 13.3. The number of benzene rings is 4. The molecule has 4 aromatic carbocycles. The fraction of sp³-hybridized carbons (Fsp3) is 0.282. The maximum absolute atomic E-state index is 12.9. The summed E-state index contributed by atoms with van der Waals surface area (Å²) in [6.45, 7) is 4.76. The van der Waals surface area contributed by atoms with Gasteiger partial charge >= 0.3 is 11.9 Å². The number of nitrogens with one attached hydrogen (secondary N) is 2. The van der Waals surface area contributed by atoms with E-state index >= 15 is 0 Å².